The first-order valence-corrected chi connectivity index (χ1v) is 6.62. The molecule has 1 fully saturated rings. The zero-order chi connectivity index (χ0) is 11.4. The Balaban J connectivity index is 2.15. The lowest BCUT2D eigenvalue weighted by atomic mass is 10.0. The molecule has 1 heteroatoms. The Kier molecular flexibility index (Phi) is 3.87. The summed E-state index contributed by atoms with van der Waals surface area (Å²) in [6.07, 6.45) is 5.51. The lowest BCUT2D eigenvalue weighted by Crippen LogP contribution is -2.23. The maximum absolute atomic E-state index is 2.55. The van der Waals surface area contributed by atoms with E-state index < -0.39 is 0 Å². The van der Waals surface area contributed by atoms with Crippen molar-refractivity contribution >= 4 is 5.69 Å². The van der Waals surface area contributed by atoms with Gasteiger partial charge < -0.3 is 4.90 Å². The molecule has 0 aliphatic carbocycles. The monoisotopic (exact) mass is 217 g/mol. The molecule has 2 rings (SSSR count). The molecule has 0 spiro atoms. The minimum absolute atomic E-state index is 0.631. The van der Waals surface area contributed by atoms with E-state index in [0.717, 1.165) is 0 Å². The van der Waals surface area contributed by atoms with Crippen molar-refractivity contribution in [2.24, 2.45) is 0 Å². The van der Waals surface area contributed by atoms with E-state index in [-0.39, 0.29) is 0 Å². The summed E-state index contributed by atoms with van der Waals surface area (Å²) in [5.41, 5.74) is 2.88. The molecule has 1 aromatic rings. The van der Waals surface area contributed by atoms with E-state index in [9.17, 15) is 0 Å². The van der Waals surface area contributed by atoms with Crippen LogP contribution in [0.5, 0.6) is 0 Å². The van der Waals surface area contributed by atoms with Gasteiger partial charge in [0.15, 0.2) is 0 Å². The maximum atomic E-state index is 2.55. The van der Waals surface area contributed by atoms with Crippen LogP contribution in [0.2, 0.25) is 0 Å². The van der Waals surface area contributed by atoms with E-state index in [1.54, 1.807) is 0 Å². The summed E-state index contributed by atoms with van der Waals surface area (Å²) in [4.78, 5) is 2.55. The van der Waals surface area contributed by atoms with Gasteiger partial charge in [-0.15, -0.1) is 0 Å². The van der Waals surface area contributed by atoms with Crippen molar-refractivity contribution in [1.82, 2.24) is 0 Å². The minimum Gasteiger partial charge on any atom is -0.372 e. The topological polar surface area (TPSA) is 3.24 Å². The lowest BCUT2D eigenvalue weighted by Gasteiger charge is -2.23. The van der Waals surface area contributed by atoms with Crippen molar-refractivity contribution in [3.63, 3.8) is 0 Å². The van der Waals surface area contributed by atoms with Crippen molar-refractivity contribution in [1.29, 1.82) is 0 Å². The van der Waals surface area contributed by atoms with Crippen LogP contribution in [0, 0.1) is 0 Å². The quantitative estimate of drug-likeness (QED) is 0.718. The number of rotatable bonds is 2. The molecule has 1 heterocycles. The van der Waals surface area contributed by atoms with Gasteiger partial charge in [0.25, 0.3) is 0 Å². The predicted octanol–water partition coefficient (Wildman–Crippen LogP) is 4.19. The zero-order valence-electron chi connectivity index (χ0n) is 10.6. The molecular formula is C15H23N. The van der Waals surface area contributed by atoms with Crippen molar-refractivity contribution in [2.45, 2.75) is 45.4 Å². The minimum atomic E-state index is 0.631. The van der Waals surface area contributed by atoms with E-state index >= 15 is 0 Å². The van der Waals surface area contributed by atoms with Crippen LogP contribution in [0.15, 0.2) is 24.3 Å². The predicted molar refractivity (Wildman–Crippen MR) is 71.2 cm³/mol. The largest absolute Gasteiger partial charge is 0.372 e. The van der Waals surface area contributed by atoms with Crippen LogP contribution < -0.4 is 4.90 Å². The summed E-state index contributed by atoms with van der Waals surface area (Å²) in [6.45, 7) is 7.01. The molecule has 0 N–H and O–H groups in total. The third-order valence-corrected chi connectivity index (χ3v) is 3.51. The maximum Gasteiger partial charge on any atom is 0.0369 e. The SMILES string of the molecule is CC(C)c1cccc(N2CCCCCC2)c1. The van der Waals surface area contributed by atoms with Crippen molar-refractivity contribution < 1.29 is 0 Å². The lowest BCUT2D eigenvalue weighted by molar-refractivity contribution is 0.726. The second-order valence-corrected chi connectivity index (χ2v) is 5.15. The summed E-state index contributed by atoms with van der Waals surface area (Å²) in [6, 6.07) is 9.08. The molecule has 0 bridgehead atoms. The van der Waals surface area contributed by atoms with Crippen LogP contribution >= 0.6 is 0 Å². The highest BCUT2D eigenvalue weighted by molar-refractivity contribution is 5.49. The summed E-state index contributed by atoms with van der Waals surface area (Å²) in [5, 5.41) is 0. The molecule has 1 aliphatic rings. The molecule has 0 amide bonds. The van der Waals surface area contributed by atoms with Gasteiger partial charge in [-0.25, -0.2) is 0 Å². The Hall–Kier alpha value is -0.980. The summed E-state index contributed by atoms with van der Waals surface area (Å²) < 4.78 is 0. The highest BCUT2D eigenvalue weighted by atomic mass is 15.1. The van der Waals surface area contributed by atoms with Gasteiger partial charge in [0.1, 0.15) is 0 Å². The van der Waals surface area contributed by atoms with Crippen LogP contribution in [-0.2, 0) is 0 Å². The summed E-state index contributed by atoms with van der Waals surface area (Å²) >= 11 is 0. The van der Waals surface area contributed by atoms with Gasteiger partial charge in [-0.1, -0.05) is 38.8 Å². The molecule has 0 saturated carbocycles. The smallest absolute Gasteiger partial charge is 0.0369 e. The van der Waals surface area contributed by atoms with E-state index in [0.29, 0.717) is 5.92 Å². The third-order valence-electron chi connectivity index (χ3n) is 3.51. The Morgan fingerprint density at radius 3 is 2.31 bits per heavy atom. The van der Waals surface area contributed by atoms with Gasteiger partial charge >= 0.3 is 0 Å². The van der Waals surface area contributed by atoms with Gasteiger partial charge in [-0.05, 0) is 36.5 Å². The Bertz CT molecular complexity index is 322. The van der Waals surface area contributed by atoms with E-state index in [1.165, 1.54) is 50.0 Å². The molecule has 1 nitrogen and oxygen atoms in total. The van der Waals surface area contributed by atoms with Gasteiger partial charge in [0.05, 0.1) is 0 Å². The van der Waals surface area contributed by atoms with Gasteiger partial charge in [0.2, 0.25) is 0 Å². The normalized spacial score (nSPS) is 17.6. The molecular weight excluding hydrogens is 194 g/mol. The molecule has 0 radical (unpaired) electrons. The van der Waals surface area contributed by atoms with Crippen LogP contribution in [0.4, 0.5) is 5.69 Å². The average molecular weight is 217 g/mol. The number of hydrogen-bond donors (Lipinski definition) is 0. The Labute approximate surface area is 99.5 Å². The molecule has 0 atom stereocenters. The van der Waals surface area contributed by atoms with Crippen LogP contribution in [0.25, 0.3) is 0 Å². The van der Waals surface area contributed by atoms with Crippen molar-refractivity contribution in [3.05, 3.63) is 29.8 Å². The van der Waals surface area contributed by atoms with E-state index in [2.05, 4.69) is 43.0 Å². The van der Waals surface area contributed by atoms with Gasteiger partial charge in [0, 0.05) is 18.8 Å². The number of benzene rings is 1. The zero-order valence-corrected chi connectivity index (χ0v) is 10.6. The van der Waals surface area contributed by atoms with Gasteiger partial charge in [-0.2, -0.15) is 0 Å². The van der Waals surface area contributed by atoms with Crippen molar-refractivity contribution in [3.8, 4) is 0 Å². The Morgan fingerprint density at radius 2 is 1.69 bits per heavy atom. The number of nitrogens with zero attached hydrogens (tertiary/aromatic N) is 1. The first-order valence-electron chi connectivity index (χ1n) is 6.62. The van der Waals surface area contributed by atoms with Crippen molar-refractivity contribution in [2.75, 3.05) is 18.0 Å². The fourth-order valence-electron chi connectivity index (χ4n) is 2.41. The third kappa shape index (κ3) is 2.78. The molecule has 88 valence electrons. The molecule has 1 saturated heterocycles. The van der Waals surface area contributed by atoms with Crippen LogP contribution in [0.3, 0.4) is 0 Å². The fraction of sp³-hybridized carbons (Fsp3) is 0.600. The number of anilines is 1. The number of hydrogen-bond acceptors (Lipinski definition) is 1. The first-order chi connectivity index (χ1) is 7.77. The molecule has 16 heavy (non-hydrogen) atoms. The second kappa shape index (κ2) is 5.38. The molecule has 1 aliphatic heterocycles. The molecule has 0 unspecified atom stereocenters. The molecule has 1 aromatic carbocycles. The van der Waals surface area contributed by atoms with Gasteiger partial charge in [-0.3, -0.25) is 0 Å². The second-order valence-electron chi connectivity index (χ2n) is 5.15. The molecule has 0 aromatic heterocycles. The van der Waals surface area contributed by atoms with Crippen LogP contribution in [0.1, 0.15) is 51.0 Å². The average Bonchev–Trinajstić information content (AvgIpc) is 2.57. The van der Waals surface area contributed by atoms with E-state index in [1.807, 2.05) is 0 Å². The fourth-order valence-corrected chi connectivity index (χ4v) is 2.41. The van der Waals surface area contributed by atoms with E-state index in [4.69, 9.17) is 0 Å². The standard InChI is InChI=1S/C15H23N/c1-13(2)14-8-7-9-15(12-14)16-10-5-3-4-6-11-16/h7-9,12-13H,3-6,10-11H2,1-2H3. The summed E-state index contributed by atoms with van der Waals surface area (Å²) in [7, 11) is 0. The highest BCUT2D eigenvalue weighted by Crippen LogP contribution is 2.23. The van der Waals surface area contributed by atoms with Crippen LogP contribution in [-0.4, -0.2) is 13.1 Å². The Morgan fingerprint density at radius 1 is 1.00 bits per heavy atom. The first kappa shape index (κ1) is 11.5. The highest BCUT2D eigenvalue weighted by Gasteiger charge is 2.10. The summed E-state index contributed by atoms with van der Waals surface area (Å²) in [5.74, 6) is 0.631.